The summed E-state index contributed by atoms with van der Waals surface area (Å²) in [5.74, 6) is 0.979. The maximum absolute atomic E-state index is 5.90. The van der Waals surface area contributed by atoms with Crippen LogP contribution in [0.2, 0.25) is 0 Å². The van der Waals surface area contributed by atoms with E-state index in [4.69, 9.17) is 9.47 Å². The van der Waals surface area contributed by atoms with Crippen molar-refractivity contribution in [2.45, 2.75) is 26.9 Å². The van der Waals surface area contributed by atoms with Crippen molar-refractivity contribution in [1.29, 1.82) is 0 Å². The molecule has 0 N–H and O–H groups in total. The van der Waals surface area contributed by atoms with Crippen LogP contribution in [0.1, 0.15) is 18.1 Å². The first-order valence-corrected chi connectivity index (χ1v) is 6.73. The summed E-state index contributed by atoms with van der Waals surface area (Å²) >= 11 is 0. The van der Waals surface area contributed by atoms with Crippen LogP contribution in [0.15, 0.2) is 18.2 Å². The van der Waals surface area contributed by atoms with Gasteiger partial charge in [0, 0.05) is 13.1 Å². The predicted molar refractivity (Wildman–Crippen MR) is 73.3 cm³/mol. The maximum Gasteiger partial charge on any atom is 0.122 e. The third-order valence-corrected chi connectivity index (χ3v) is 3.44. The Morgan fingerprint density at radius 2 is 2.22 bits per heavy atom. The molecule has 1 aliphatic rings. The predicted octanol–water partition coefficient (Wildman–Crippen LogP) is 2.40. The van der Waals surface area contributed by atoms with E-state index in [-0.39, 0.29) is 6.10 Å². The Bertz CT molecular complexity index is 392. The van der Waals surface area contributed by atoms with E-state index in [0.29, 0.717) is 6.61 Å². The highest BCUT2D eigenvalue weighted by Crippen LogP contribution is 2.19. The molecule has 3 heteroatoms. The van der Waals surface area contributed by atoms with Crippen molar-refractivity contribution in [3.8, 4) is 5.75 Å². The van der Waals surface area contributed by atoms with Gasteiger partial charge in [0.25, 0.3) is 0 Å². The van der Waals surface area contributed by atoms with Gasteiger partial charge >= 0.3 is 0 Å². The van der Waals surface area contributed by atoms with Crippen molar-refractivity contribution in [2.24, 2.45) is 0 Å². The zero-order chi connectivity index (χ0) is 13.0. The summed E-state index contributed by atoms with van der Waals surface area (Å²) < 4.78 is 11.6. The summed E-state index contributed by atoms with van der Waals surface area (Å²) in [5.41, 5.74) is 2.42. The Hall–Kier alpha value is -1.06. The number of aryl methyl sites for hydroxylation is 2. The smallest absolute Gasteiger partial charge is 0.122 e. The SMILES string of the molecule is CCN1CCOC(COc2cc(C)ccc2C)C1. The fraction of sp³-hybridized carbons (Fsp3) is 0.600. The number of morpholine rings is 1. The van der Waals surface area contributed by atoms with Gasteiger partial charge in [0.2, 0.25) is 0 Å². The van der Waals surface area contributed by atoms with E-state index in [0.717, 1.165) is 32.0 Å². The van der Waals surface area contributed by atoms with E-state index >= 15 is 0 Å². The topological polar surface area (TPSA) is 21.7 Å². The summed E-state index contributed by atoms with van der Waals surface area (Å²) in [7, 11) is 0. The van der Waals surface area contributed by atoms with Crippen molar-refractivity contribution in [1.82, 2.24) is 4.90 Å². The molecule has 0 amide bonds. The van der Waals surface area contributed by atoms with Gasteiger partial charge in [-0.1, -0.05) is 19.1 Å². The van der Waals surface area contributed by atoms with Crippen LogP contribution in [0.5, 0.6) is 5.75 Å². The number of likely N-dealkylation sites (N-methyl/N-ethyl adjacent to an activating group) is 1. The Morgan fingerprint density at radius 3 is 3.00 bits per heavy atom. The van der Waals surface area contributed by atoms with Crippen molar-refractivity contribution in [3.05, 3.63) is 29.3 Å². The Labute approximate surface area is 110 Å². The van der Waals surface area contributed by atoms with Crippen LogP contribution < -0.4 is 4.74 Å². The molecule has 3 nitrogen and oxygen atoms in total. The highest BCUT2D eigenvalue weighted by molar-refractivity contribution is 5.35. The van der Waals surface area contributed by atoms with Crippen LogP contribution in [-0.4, -0.2) is 43.9 Å². The molecule has 0 aliphatic carbocycles. The second-order valence-electron chi connectivity index (χ2n) is 4.97. The van der Waals surface area contributed by atoms with Gasteiger partial charge in [-0.25, -0.2) is 0 Å². The molecule has 1 heterocycles. The van der Waals surface area contributed by atoms with Gasteiger partial charge in [0.05, 0.1) is 6.61 Å². The van der Waals surface area contributed by atoms with E-state index in [2.05, 4.69) is 43.9 Å². The Balaban J connectivity index is 1.89. The third-order valence-electron chi connectivity index (χ3n) is 3.44. The largest absolute Gasteiger partial charge is 0.491 e. The van der Waals surface area contributed by atoms with Gasteiger partial charge in [-0.15, -0.1) is 0 Å². The molecule has 0 saturated carbocycles. The van der Waals surface area contributed by atoms with Crippen LogP contribution in [0.4, 0.5) is 0 Å². The Morgan fingerprint density at radius 1 is 1.39 bits per heavy atom. The molecule has 100 valence electrons. The summed E-state index contributed by atoms with van der Waals surface area (Å²) in [5, 5.41) is 0. The van der Waals surface area contributed by atoms with Crippen LogP contribution in [-0.2, 0) is 4.74 Å². The summed E-state index contributed by atoms with van der Waals surface area (Å²) in [6, 6.07) is 6.30. The fourth-order valence-corrected chi connectivity index (χ4v) is 2.21. The zero-order valence-corrected chi connectivity index (χ0v) is 11.6. The van der Waals surface area contributed by atoms with Gasteiger partial charge in [-0.3, -0.25) is 4.90 Å². The van der Waals surface area contributed by atoms with Crippen LogP contribution in [0.25, 0.3) is 0 Å². The molecule has 0 aromatic heterocycles. The van der Waals surface area contributed by atoms with Crippen molar-refractivity contribution >= 4 is 0 Å². The van der Waals surface area contributed by atoms with Crippen LogP contribution >= 0.6 is 0 Å². The summed E-state index contributed by atoms with van der Waals surface area (Å²) in [6.07, 6.45) is 0.193. The lowest BCUT2D eigenvalue weighted by Gasteiger charge is -2.32. The molecule has 1 unspecified atom stereocenters. The average Bonchev–Trinajstić information content (AvgIpc) is 2.40. The summed E-state index contributed by atoms with van der Waals surface area (Å²) in [6.45, 7) is 10.9. The number of nitrogens with zero attached hydrogens (tertiary/aromatic N) is 1. The Kier molecular flexibility index (Phi) is 4.61. The van der Waals surface area contributed by atoms with Crippen molar-refractivity contribution < 1.29 is 9.47 Å². The molecular formula is C15H23NO2. The number of benzene rings is 1. The molecule has 1 aliphatic heterocycles. The molecule has 1 saturated heterocycles. The molecule has 2 rings (SSSR count). The molecular weight excluding hydrogens is 226 g/mol. The first-order chi connectivity index (χ1) is 8.69. The van der Waals surface area contributed by atoms with E-state index in [1.165, 1.54) is 11.1 Å². The van der Waals surface area contributed by atoms with E-state index in [1.54, 1.807) is 0 Å². The quantitative estimate of drug-likeness (QED) is 0.818. The molecule has 0 radical (unpaired) electrons. The number of hydrogen-bond acceptors (Lipinski definition) is 3. The second kappa shape index (κ2) is 6.21. The van der Waals surface area contributed by atoms with Crippen LogP contribution in [0.3, 0.4) is 0 Å². The molecule has 0 spiro atoms. The average molecular weight is 249 g/mol. The van der Waals surface area contributed by atoms with Crippen LogP contribution in [0, 0.1) is 13.8 Å². The molecule has 18 heavy (non-hydrogen) atoms. The highest BCUT2D eigenvalue weighted by atomic mass is 16.5. The highest BCUT2D eigenvalue weighted by Gasteiger charge is 2.19. The first kappa shape index (κ1) is 13.4. The van der Waals surface area contributed by atoms with Gasteiger partial charge in [-0.2, -0.15) is 0 Å². The minimum absolute atomic E-state index is 0.193. The number of ether oxygens (including phenoxy) is 2. The fourth-order valence-electron chi connectivity index (χ4n) is 2.21. The zero-order valence-electron chi connectivity index (χ0n) is 11.6. The van der Waals surface area contributed by atoms with Crippen molar-refractivity contribution in [2.75, 3.05) is 32.8 Å². The third kappa shape index (κ3) is 3.47. The summed E-state index contributed by atoms with van der Waals surface area (Å²) in [4.78, 5) is 2.40. The number of hydrogen-bond donors (Lipinski definition) is 0. The van der Waals surface area contributed by atoms with Gasteiger partial charge in [0.15, 0.2) is 0 Å². The maximum atomic E-state index is 5.90. The van der Waals surface area contributed by atoms with Gasteiger partial charge in [0.1, 0.15) is 18.5 Å². The molecule has 1 aromatic rings. The molecule has 0 bridgehead atoms. The minimum Gasteiger partial charge on any atom is -0.491 e. The standard InChI is InChI=1S/C15H23NO2/c1-4-16-7-8-17-14(10-16)11-18-15-9-12(2)5-6-13(15)3/h5-6,9,14H,4,7-8,10-11H2,1-3H3. The minimum atomic E-state index is 0.193. The second-order valence-corrected chi connectivity index (χ2v) is 4.97. The normalized spacial score (nSPS) is 20.9. The molecule has 1 atom stereocenters. The monoisotopic (exact) mass is 249 g/mol. The first-order valence-electron chi connectivity index (χ1n) is 6.73. The number of rotatable bonds is 4. The molecule has 1 fully saturated rings. The van der Waals surface area contributed by atoms with E-state index in [9.17, 15) is 0 Å². The van der Waals surface area contributed by atoms with Crippen molar-refractivity contribution in [3.63, 3.8) is 0 Å². The lowest BCUT2D eigenvalue weighted by molar-refractivity contribution is -0.0464. The van der Waals surface area contributed by atoms with E-state index in [1.807, 2.05) is 0 Å². The molecule has 1 aromatic carbocycles. The van der Waals surface area contributed by atoms with Gasteiger partial charge < -0.3 is 9.47 Å². The lowest BCUT2D eigenvalue weighted by Crippen LogP contribution is -2.44. The van der Waals surface area contributed by atoms with Gasteiger partial charge in [-0.05, 0) is 37.6 Å². The lowest BCUT2D eigenvalue weighted by atomic mass is 10.1. The van der Waals surface area contributed by atoms with E-state index < -0.39 is 0 Å².